The molecule has 1 aliphatic carbocycles. The van der Waals surface area contributed by atoms with Gasteiger partial charge in [0, 0.05) is 12.1 Å². The topological polar surface area (TPSA) is 114 Å². The van der Waals surface area contributed by atoms with Crippen LogP contribution in [0.4, 0.5) is 0 Å². The number of nitrogens with one attached hydrogen (secondary N) is 1. The van der Waals surface area contributed by atoms with E-state index in [1.165, 1.54) is 29.2 Å². The van der Waals surface area contributed by atoms with E-state index in [0.717, 1.165) is 11.8 Å². The molecule has 10 heteroatoms. The van der Waals surface area contributed by atoms with Crippen molar-refractivity contribution >= 4 is 27.6 Å². The van der Waals surface area contributed by atoms with E-state index >= 15 is 0 Å². The Morgan fingerprint density at radius 2 is 1.93 bits per heavy atom. The highest BCUT2D eigenvalue weighted by atomic mass is 35.5. The minimum atomic E-state index is -4.12. The van der Waals surface area contributed by atoms with Crippen LogP contribution in [0.2, 0.25) is 5.02 Å². The smallest absolute Gasteiger partial charge is 0.325 e. The number of aromatic nitrogens is 3. The first-order valence-electron chi connectivity index (χ1n) is 8.74. The number of halogens is 1. The van der Waals surface area contributed by atoms with Crippen LogP contribution >= 0.6 is 11.6 Å². The lowest BCUT2D eigenvalue weighted by molar-refractivity contribution is -0.140. The van der Waals surface area contributed by atoms with Crippen molar-refractivity contribution in [1.82, 2.24) is 19.5 Å². The standard InChI is InChI=1S/C19H17ClN4O4S/c1-12-17(13-5-3-2-4-6-13)19(12,18(25)26)23-29(27,28)15-7-8-16(21-10-15)24-11-14(20)9-22-24/h2-12,17,23H,1H3,(H,25,26)/t12?,17-,19-/m0/s1. The molecule has 0 bridgehead atoms. The molecule has 1 aromatic carbocycles. The molecular weight excluding hydrogens is 416 g/mol. The van der Waals surface area contributed by atoms with Crippen molar-refractivity contribution in [3.8, 4) is 5.82 Å². The summed E-state index contributed by atoms with van der Waals surface area (Å²) in [6.07, 6.45) is 4.13. The molecular formula is C19H17ClN4O4S. The maximum atomic E-state index is 12.9. The number of pyridine rings is 1. The van der Waals surface area contributed by atoms with Crippen LogP contribution in [0, 0.1) is 5.92 Å². The number of hydrogen-bond acceptors (Lipinski definition) is 5. The second kappa shape index (κ2) is 6.94. The van der Waals surface area contributed by atoms with Gasteiger partial charge in [-0.25, -0.2) is 18.1 Å². The van der Waals surface area contributed by atoms with Gasteiger partial charge in [0.15, 0.2) is 5.82 Å². The van der Waals surface area contributed by atoms with E-state index in [9.17, 15) is 18.3 Å². The van der Waals surface area contributed by atoms with Gasteiger partial charge < -0.3 is 5.11 Å². The summed E-state index contributed by atoms with van der Waals surface area (Å²) >= 11 is 5.83. The van der Waals surface area contributed by atoms with Gasteiger partial charge >= 0.3 is 5.97 Å². The van der Waals surface area contributed by atoms with E-state index < -0.39 is 33.4 Å². The number of nitrogens with zero attached hydrogens (tertiary/aromatic N) is 3. The van der Waals surface area contributed by atoms with Crippen LogP contribution in [-0.4, -0.2) is 39.8 Å². The second-order valence-corrected chi connectivity index (χ2v) is 9.03. The number of hydrogen-bond donors (Lipinski definition) is 2. The number of carboxylic acids is 1. The summed E-state index contributed by atoms with van der Waals surface area (Å²) in [6.45, 7) is 1.72. The predicted molar refractivity (Wildman–Crippen MR) is 105 cm³/mol. The third-order valence-corrected chi connectivity index (χ3v) is 6.90. The number of carboxylic acid groups (broad SMARTS) is 1. The fraction of sp³-hybridized carbons (Fsp3) is 0.211. The highest BCUT2D eigenvalue weighted by Gasteiger charge is 2.70. The second-order valence-electron chi connectivity index (χ2n) is 6.91. The minimum absolute atomic E-state index is 0.133. The molecule has 29 heavy (non-hydrogen) atoms. The van der Waals surface area contributed by atoms with Crippen molar-refractivity contribution in [1.29, 1.82) is 0 Å². The van der Waals surface area contributed by atoms with Crippen LogP contribution in [0.1, 0.15) is 18.4 Å². The van der Waals surface area contributed by atoms with Crippen molar-refractivity contribution in [2.45, 2.75) is 23.3 Å². The lowest BCUT2D eigenvalue weighted by atomic mass is 10.1. The largest absolute Gasteiger partial charge is 0.480 e. The number of rotatable bonds is 6. The third kappa shape index (κ3) is 3.31. The van der Waals surface area contributed by atoms with Crippen LogP contribution in [-0.2, 0) is 14.8 Å². The van der Waals surface area contributed by atoms with Gasteiger partial charge in [0.05, 0.1) is 17.4 Å². The van der Waals surface area contributed by atoms with E-state index in [4.69, 9.17) is 11.6 Å². The number of aliphatic carboxylic acids is 1. The van der Waals surface area contributed by atoms with Gasteiger partial charge in [-0.3, -0.25) is 4.79 Å². The van der Waals surface area contributed by atoms with Gasteiger partial charge in [0.25, 0.3) is 0 Å². The molecule has 1 aliphatic rings. The molecule has 2 aromatic heterocycles. The van der Waals surface area contributed by atoms with Crippen LogP contribution in [0.25, 0.3) is 5.82 Å². The molecule has 0 aliphatic heterocycles. The van der Waals surface area contributed by atoms with Crippen LogP contribution in [0.5, 0.6) is 0 Å². The van der Waals surface area contributed by atoms with Crippen molar-refractivity contribution in [3.63, 3.8) is 0 Å². The Morgan fingerprint density at radius 1 is 1.21 bits per heavy atom. The average Bonchev–Trinajstić information content (AvgIpc) is 3.05. The molecule has 2 N–H and O–H groups in total. The molecule has 150 valence electrons. The summed E-state index contributed by atoms with van der Waals surface area (Å²) in [5, 5.41) is 14.3. The Labute approximate surface area is 172 Å². The summed E-state index contributed by atoms with van der Waals surface area (Å²) in [7, 11) is -4.12. The zero-order valence-electron chi connectivity index (χ0n) is 15.2. The lowest BCUT2D eigenvalue weighted by Crippen LogP contribution is -2.45. The molecule has 0 spiro atoms. The first-order chi connectivity index (χ1) is 13.8. The Morgan fingerprint density at radius 3 is 2.48 bits per heavy atom. The first kappa shape index (κ1) is 19.6. The Kier molecular flexibility index (Phi) is 4.68. The van der Waals surface area contributed by atoms with E-state index in [2.05, 4.69) is 14.8 Å². The van der Waals surface area contributed by atoms with Crippen molar-refractivity contribution in [2.75, 3.05) is 0 Å². The van der Waals surface area contributed by atoms with E-state index in [1.807, 2.05) is 6.07 Å². The van der Waals surface area contributed by atoms with Gasteiger partial charge in [-0.1, -0.05) is 48.9 Å². The van der Waals surface area contributed by atoms with Gasteiger partial charge in [-0.2, -0.15) is 9.82 Å². The third-order valence-electron chi connectivity index (χ3n) is 5.23. The molecule has 0 amide bonds. The van der Waals surface area contributed by atoms with E-state index in [-0.39, 0.29) is 4.90 Å². The van der Waals surface area contributed by atoms with Gasteiger partial charge in [-0.05, 0) is 23.6 Å². The van der Waals surface area contributed by atoms with Crippen molar-refractivity contribution in [3.05, 3.63) is 71.6 Å². The Hall–Kier alpha value is -2.75. The van der Waals surface area contributed by atoms with Crippen LogP contribution in [0.15, 0.2) is 66.0 Å². The molecule has 1 fully saturated rings. The molecule has 1 unspecified atom stereocenters. The summed E-state index contributed by atoms with van der Waals surface area (Å²) in [4.78, 5) is 16.0. The quantitative estimate of drug-likeness (QED) is 0.618. The first-order valence-corrected chi connectivity index (χ1v) is 10.6. The van der Waals surface area contributed by atoms with Crippen LogP contribution < -0.4 is 4.72 Å². The lowest BCUT2D eigenvalue weighted by Gasteiger charge is -2.16. The molecule has 8 nitrogen and oxygen atoms in total. The Bertz CT molecular complexity index is 1160. The maximum absolute atomic E-state index is 12.9. The average molecular weight is 433 g/mol. The zero-order chi connectivity index (χ0) is 20.8. The van der Waals surface area contributed by atoms with Crippen molar-refractivity contribution in [2.24, 2.45) is 5.92 Å². The highest BCUT2D eigenvalue weighted by molar-refractivity contribution is 7.89. The monoisotopic (exact) mass is 432 g/mol. The van der Waals surface area contributed by atoms with E-state index in [1.54, 1.807) is 31.2 Å². The highest BCUT2D eigenvalue weighted by Crippen LogP contribution is 2.58. The van der Waals surface area contributed by atoms with Crippen molar-refractivity contribution < 1.29 is 18.3 Å². The van der Waals surface area contributed by atoms with Gasteiger partial charge in [0.2, 0.25) is 10.0 Å². The normalized spacial score (nSPS) is 23.7. The fourth-order valence-corrected chi connectivity index (χ4v) is 5.21. The molecule has 4 rings (SSSR count). The zero-order valence-corrected chi connectivity index (χ0v) is 16.8. The molecule has 0 saturated heterocycles. The van der Waals surface area contributed by atoms with Gasteiger partial charge in [-0.15, -0.1) is 0 Å². The Balaban J connectivity index is 1.62. The summed E-state index contributed by atoms with van der Waals surface area (Å²) < 4.78 is 29.6. The SMILES string of the molecule is CC1[C@@H](c2ccccc2)[C@]1(NS(=O)(=O)c1ccc(-n2cc(Cl)cn2)nc1)C(=O)O. The molecule has 0 radical (unpaired) electrons. The number of sulfonamides is 1. The number of carbonyl (C=O) groups is 1. The molecule has 2 heterocycles. The minimum Gasteiger partial charge on any atom is -0.480 e. The molecule has 3 aromatic rings. The molecule has 1 saturated carbocycles. The predicted octanol–water partition coefficient (Wildman–Crippen LogP) is 2.46. The number of benzene rings is 1. The summed E-state index contributed by atoms with van der Waals surface area (Å²) in [5.41, 5.74) is -0.830. The van der Waals surface area contributed by atoms with Gasteiger partial charge in [0.1, 0.15) is 10.4 Å². The summed E-state index contributed by atoms with van der Waals surface area (Å²) in [5.74, 6) is -1.70. The fourth-order valence-electron chi connectivity index (χ4n) is 3.68. The maximum Gasteiger partial charge on any atom is 0.325 e. The van der Waals surface area contributed by atoms with Crippen LogP contribution in [0.3, 0.4) is 0 Å². The van der Waals surface area contributed by atoms with E-state index in [0.29, 0.717) is 10.8 Å². The summed E-state index contributed by atoms with van der Waals surface area (Å²) in [6, 6.07) is 11.8. The molecule has 3 atom stereocenters.